The molecular formula is C23H35N3O5S. The van der Waals surface area contributed by atoms with Crippen LogP contribution >= 0.6 is 0 Å². The number of hydrogen-bond acceptors (Lipinski definition) is 5. The van der Waals surface area contributed by atoms with Crippen LogP contribution in [0.3, 0.4) is 0 Å². The second-order valence-electron chi connectivity index (χ2n) is 9.79. The Labute approximate surface area is 191 Å². The predicted octanol–water partition coefficient (Wildman–Crippen LogP) is 2.91. The number of hydrogen-bond donors (Lipinski definition) is 1. The predicted molar refractivity (Wildman–Crippen MR) is 122 cm³/mol. The lowest BCUT2D eigenvalue weighted by atomic mass is 9.97. The number of amides is 2. The summed E-state index contributed by atoms with van der Waals surface area (Å²) in [4.78, 5) is 29.3. The lowest BCUT2D eigenvalue weighted by molar-refractivity contribution is -0.137. The third-order valence-electron chi connectivity index (χ3n) is 5.89. The molecule has 0 bridgehead atoms. The minimum atomic E-state index is -3.59. The van der Waals surface area contributed by atoms with E-state index in [0.29, 0.717) is 26.1 Å². The summed E-state index contributed by atoms with van der Waals surface area (Å²) in [7, 11) is -3.59. The van der Waals surface area contributed by atoms with Crippen LogP contribution in [0.2, 0.25) is 0 Å². The van der Waals surface area contributed by atoms with E-state index in [-0.39, 0.29) is 23.3 Å². The second kappa shape index (κ2) is 9.79. The van der Waals surface area contributed by atoms with Crippen LogP contribution in [0.1, 0.15) is 52.0 Å². The van der Waals surface area contributed by atoms with Crippen LogP contribution in [0.25, 0.3) is 0 Å². The van der Waals surface area contributed by atoms with Gasteiger partial charge in [-0.25, -0.2) is 17.9 Å². The summed E-state index contributed by atoms with van der Waals surface area (Å²) in [6.45, 7) is 9.23. The Balaban J connectivity index is 1.58. The summed E-state index contributed by atoms with van der Waals surface area (Å²) in [5.41, 5.74) is 0.385. The first-order chi connectivity index (χ1) is 15.0. The number of carbonyl (C=O) groups excluding carboxylic acids is 2. The molecule has 0 spiro atoms. The van der Waals surface area contributed by atoms with Crippen LogP contribution in [0.5, 0.6) is 0 Å². The van der Waals surface area contributed by atoms with Crippen molar-refractivity contribution in [1.29, 1.82) is 0 Å². The third kappa shape index (κ3) is 6.22. The van der Waals surface area contributed by atoms with Crippen molar-refractivity contribution in [1.82, 2.24) is 14.5 Å². The zero-order valence-corrected chi connectivity index (χ0v) is 20.3. The van der Waals surface area contributed by atoms with E-state index in [1.807, 2.05) is 27.7 Å². The Kier molecular flexibility index (Phi) is 7.50. The van der Waals surface area contributed by atoms with Crippen LogP contribution < -0.4 is 4.72 Å². The summed E-state index contributed by atoms with van der Waals surface area (Å²) in [5.74, 6) is -0.0382. The van der Waals surface area contributed by atoms with Gasteiger partial charge in [0.05, 0.1) is 4.90 Å². The highest BCUT2D eigenvalue weighted by atomic mass is 32.2. The van der Waals surface area contributed by atoms with Gasteiger partial charge in [-0.2, -0.15) is 0 Å². The molecule has 178 valence electrons. The molecule has 3 rings (SSSR count). The van der Waals surface area contributed by atoms with Crippen molar-refractivity contribution in [2.75, 3.05) is 26.2 Å². The number of nitrogens with zero attached hydrogens (tertiary/aromatic N) is 2. The van der Waals surface area contributed by atoms with Gasteiger partial charge in [-0.15, -0.1) is 0 Å². The normalized spacial score (nSPS) is 22.1. The maximum absolute atomic E-state index is 13.2. The van der Waals surface area contributed by atoms with E-state index in [1.165, 1.54) is 4.90 Å². The minimum Gasteiger partial charge on any atom is -0.444 e. The van der Waals surface area contributed by atoms with Crippen molar-refractivity contribution in [2.24, 2.45) is 5.92 Å². The minimum absolute atomic E-state index is 0.0318. The molecule has 0 aliphatic carbocycles. The standard InChI is InChI=1S/C23H35N3O5S/c1-17-9-11-19(12-10-17)32(29,30)24-15-18-7-5-13-25(16-18)21(27)20-8-6-14-26(20)22(28)31-23(2,3)4/h9-12,18,20,24H,5-8,13-16H2,1-4H3/t18?,20-/m0/s1. The number of benzene rings is 1. The molecular weight excluding hydrogens is 430 g/mol. The third-order valence-corrected chi connectivity index (χ3v) is 7.33. The monoisotopic (exact) mass is 465 g/mol. The number of rotatable bonds is 5. The van der Waals surface area contributed by atoms with Gasteiger partial charge in [0.25, 0.3) is 0 Å². The number of aryl methyl sites for hydroxylation is 1. The molecule has 2 saturated heterocycles. The fourth-order valence-corrected chi connectivity index (χ4v) is 5.35. The fraction of sp³-hybridized carbons (Fsp3) is 0.652. The Morgan fingerprint density at radius 2 is 1.75 bits per heavy atom. The molecule has 9 heteroatoms. The molecule has 0 aromatic heterocycles. The molecule has 2 atom stereocenters. The maximum Gasteiger partial charge on any atom is 0.410 e. The molecule has 1 unspecified atom stereocenters. The van der Waals surface area contributed by atoms with Crippen LogP contribution in [-0.4, -0.2) is 68.0 Å². The number of nitrogens with one attached hydrogen (secondary N) is 1. The van der Waals surface area contributed by atoms with E-state index in [4.69, 9.17) is 4.74 Å². The van der Waals surface area contributed by atoms with Crippen LogP contribution in [0.15, 0.2) is 29.2 Å². The number of sulfonamides is 1. The molecule has 1 aromatic rings. The van der Waals surface area contributed by atoms with Gasteiger partial charge in [0.1, 0.15) is 11.6 Å². The van der Waals surface area contributed by atoms with Crippen molar-refractivity contribution in [2.45, 2.75) is 69.9 Å². The van der Waals surface area contributed by atoms with E-state index in [1.54, 1.807) is 29.2 Å². The molecule has 2 fully saturated rings. The Morgan fingerprint density at radius 3 is 2.41 bits per heavy atom. The number of ether oxygens (including phenoxy) is 1. The molecule has 2 aliphatic heterocycles. The lowest BCUT2D eigenvalue weighted by Crippen LogP contribution is -2.52. The molecule has 1 N–H and O–H groups in total. The molecule has 8 nitrogen and oxygen atoms in total. The van der Waals surface area contributed by atoms with Crippen molar-refractivity contribution in [3.05, 3.63) is 29.8 Å². The molecule has 32 heavy (non-hydrogen) atoms. The van der Waals surface area contributed by atoms with Gasteiger partial charge in [-0.3, -0.25) is 9.69 Å². The fourth-order valence-electron chi connectivity index (χ4n) is 4.23. The molecule has 0 saturated carbocycles. The highest BCUT2D eigenvalue weighted by Gasteiger charge is 2.39. The maximum atomic E-state index is 13.2. The topological polar surface area (TPSA) is 96.0 Å². The van der Waals surface area contributed by atoms with E-state index >= 15 is 0 Å². The smallest absolute Gasteiger partial charge is 0.410 e. The van der Waals surface area contributed by atoms with E-state index in [2.05, 4.69) is 4.72 Å². The summed E-state index contributed by atoms with van der Waals surface area (Å²) in [6, 6.07) is 6.23. The average Bonchev–Trinajstić information content (AvgIpc) is 3.21. The highest BCUT2D eigenvalue weighted by Crippen LogP contribution is 2.25. The van der Waals surface area contributed by atoms with Crippen molar-refractivity contribution in [3.8, 4) is 0 Å². The summed E-state index contributed by atoms with van der Waals surface area (Å²) in [6.07, 6.45) is 2.60. The zero-order chi connectivity index (χ0) is 23.5. The molecule has 2 aliphatic rings. The lowest BCUT2D eigenvalue weighted by Gasteiger charge is -2.36. The highest BCUT2D eigenvalue weighted by molar-refractivity contribution is 7.89. The molecule has 2 heterocycles. The van der Waals surface area contributed by atoms with Crippen molar-refractivity contribution >= 4 is 22.0 Å². The van der Waals surface area contributed by atoms with Gasteiger partial charge in [0, 0.05) is 26.2 Å². The molecule has 0 radical (unpaired) electrons. The Hall–Kier alpha value is -2.13. The molecule has 2 amide bonds. The Morgan fingerprint density at radius 1 is 1.09 bits per heavy atom. The van der Waals surface area contributed by atoms with Crippen molar-refractivity contribution in [3.63, 3.8) is 0 Å². The zero-order valence-electron chi connectivity index (χ0n) is 19.5. The largest absolute Gasteiger partial charge is 0.444 e. The molecule has 1 aromatic carbocycles. The first-order valence-corrected chi connectivity index (χ1v) is 12.8. The number of piperidine rings is 1. The first-order valence-electron chi connectivity index (χ1n) is 11.3. The van der Waals surface area contributed by atoms with E-state index in [9.17, 15) is 18.0 Å². The SMILES string of the molecule is Cc1ccc(S(=O)(=O)NCC2CCCN(C(=O)[C@@H]3CCCN3C(=O)OC(C)(C)C)C2)cc1. The summed E-state index contributed by atoms with van der Waals surface area (Å²) < 4.78 is 33.4. The summed E-state index contributed by atoms with van der Waals surface area (Å²) in [5, 5.41) is 0. The van der Waals surface area contributed by atoms with Gasteiger partial charge < -0.3 is 9.64 Å². The van der Waals surface area contributed by atoms with Gasteiger partial charge in [-0.1, -0.05) is 17.7 Å². The van der Waals surface area contributed by atoms with Crippen LogP contribution in [0.4, 0.5) is 4.79 Å². The number of carbonyl (C=O) groups is 2. The van der Waals surface area contributed by atoms with Crippen LogP contribution in [-0.2, 0) is 19.6 Å². The van der Waals surface area contributed by atoms with E-state index < -0.39 is 27.8 Å². The second-order valence-corrected chi connectivity index (χ2v) is 11.6. The first kappa shape index (κ1) is 24.5. The van der Waals surface area contributed by atoms with Gasteiger partial charge in [0.2, 0.25) is 15.9 Å². The van der Waals surface area contributed by atoms with Gasteiger partial charge >= 0.3 is 6.09 Å². The van der Waals surface area contributed by atoms with E-state index in [0.717, 1.165) is 24.8 Å². The number of likely N-dealkylation sites (tertiary alicyclic amines) is 2. The summed E-state index contributed by atoms with van der Waals surface area (Å²) >= 11 is 0. The van der Waals surface area contributed by atoms with Gasteiger partial charge in [-0.05, 0) is 71.4 Å². The average molecular weight is 466 g/mol. The Bertz CT molecular complexity index is 924. The quantitative estimate of drug-likeness (QED) is 0.721. The van der Waals surface area contributed by atoms with Crippen molar-refractivity contribution < 1.29 is 22.7 Å². The van der Waals surface area contributed by atoms with Gasteiger partial charge in [0.15, 0.2) is 0 Å². The van der Waals surface area contributed by atoms with Crippen LogP contribution in [0, 0.1) is 12.8 Å².